The first-order valence-corrected chi connectivity index (χ1v) is 7.64. The molecule has 112 valence electrons. The molecule has 0 amide bonds. The third-order valence-corrected chi connectivity index (χ3v) is 3.93. The van der Waals surface area contributed by atoms with Crippen molar-refractivity contribution in [1.29, 1.82) is 0 Å². The molecule has 0 aromatic heterocycles. The molecule has 0 saturated heterocycles. The maximum atomic E-state index is 6.43. The number of methoxy groups -OCH3 is 1. The minimum atomic E-state index is 0.180. The predicted octanol–water partition coefficient (Wildman–Crippen LogP) is 4.55. The first-order chi connectivity index (χ1) is 10.2. The van der Waals surface area contributed by atoms with E-state index in [1.54, 1.807) is 7.11 Å². The smallest absolute Gasteiger partial charge is 0.122 e. The molecule has 1 atom stereocenters. The van der Waals surface area contributed by atoms with E-state index < -0.39 is 0 Å². The van der Waals surface area contributed by atoms with E-state index in [9.17, 15) is 0 Å². The Morgan fingerprint density at radius 1 is 1.19 bits per heavy atom. The first-order valence-electron chi connectivity index (χ1n) is 7.27. The van der Waals surface area contributed by atoms with Crippen LogP contribution in [-0.4, -0.2) is 13.7 Å². The molecule has 0 bridgehead atoms. The molecule has 2 nitrogen and oxygen atoms in total. The average molecular weight is 304 g/mol. The molecule has 0 spiro atoms. The van der Waals surface area contributed by atoms with Gasteiger partial charge in [-0.1, -0.05) is 48.9 Å². The molecule has 2 aromatic carbocycles. The Hall–Kier alpha value is -1.51. The van der Waals surface area contributed by atoms with Crippen LogP contribution in [0.1, 0.15) is 29.7 Å². The second-order valence-corrected chi connectivity index (χ2v) is 5.56. The summed E-state index contributed by atoms with van der Waals surface area (Å²) in [6, 6.07) is 14.5. The fourth-order valence-electron chi connectivity index (χ4n) is 2.54. The van der Waals surface area contributed by atoms with Crippen molar-refractivity contribution in [3.05, 3.63) is 64.2 Å². The molecule has 0 aliphatic carbocycles. The summed E-state index contributed by atoms with van der Waals surface area (Å²) in [7, 11) is 1.71. The van der Waals surface area contributed by atoms with Gasteiger partial charge in [0.15, 0.2) is 0 Å². The number of rotatable bonds is 6. The van der Waals surface area contributed by atoms with Crippen molar-refractivity contribution >= 4 is 11.6 Å². The van der Waals surface area contributed by atoms with E-state index in [0.717, 1.165) is 29.3 Å². The van der Waals surface area contributed by atoms with Gasteiger partial charge in [0.1, 0.15) is 5.75 Å². The van der Waals surface area contributed by atoms with Crippen LogP contribution >= 0.6 is 11.6 Å². The van der Waals surface area contributed by atoms with E-state index in [1.165, 1.54) is 11.1 Å². The SMILES string of the molecule is CCNC(Cc1ccccc1OC)c1ccc(C)cc1Cl. The molecule has 2 aromatic rings. The lowest BCUT2D eigenvalue weighted by molar-refractivity contribution is 0.405. The van der Waals surface area contributed by atoms with Crippen molar-refractivity contribution in [2.45, 2.75) is 26.3 Å². The van der Waals surface area contributed by atoms with Gasteiger partial charge in [-0.15, -0.1) is 0 Å². The second kappa shape index (κ2) is 7.48. The van der Waals surface area contributed by atoms with Gasteiger partial charge in [-0.05, 0) is 48.7 Å². The van der Waals surface area contributed by atoms with Gasteiger partial charge in [-0.25, -0.2) is 0 Å². The number of hydrogen-bond donors (Lipinski definition) is 1. The van der Waals surface area contributed by atoms with Gasteiger partial charge < -0.3 is 10.1 Å². The normalized spacial score (nSPS) is 12.2. The van der Waals surface area contributed by atoms with E-state index in [1.807, 2.05) is 24.3 Å². The Balaban J connectivity index is 2.30. The summed E-state index contributed by atoms with van der Waals surface area (Å²) in [5.41, 5.74) is 3.49. The van der Waals surface area contributed by atoms with Crippen LogP contribution in [0.3, 0.4) is 0 Å². The molecule has 2 rings (SSSR count). The monoisotopic (exact) mass is 303 g/mol. The van der Waals surface area contributed by atoms with Crippen LogP contribution in [0.25, 0.3) is 0 Å². The number of benzene rings is 2. The molecule has 0 heterocycles. The van der Waals surface area contributed by atoms with Gasteiger partial charge in [0, 0.05) is 11.1 Å². The summed E-state index contributed by atoms with van der Waals surface area (Å²) in [6.45, 7) is 5.06. The largest absolute Gasteiger partial charge is 0.496 e. The second-order valence-electron chi connectivity index (χ2n) is 5.15. The highest BCUT2D eigenvalue weighted by Crippen LogP contribution is 2.29. The number of halogens is 1. The molecular weight excluding hydrogens is 282 g/mol. The molecule has 0 aliphatic rings. The highest BCUT2D eigenvalue weighted by molar-refractivity contribution is 6.31. The van der Waals surface area contributed by atoms with Crippen LogP contribution in [0, 0.1) is 6.92 Å². The van der Waals surface area contributed by atoms with Crippen molar-refractivity contribution in [2.24, 2.45) is 0 Å². The third kappa shape index (κ3) is 3.99. The molecule has 0 radical (unpaired) electrons. The number of hydrogen-bond acceptors (Lipinski definition) is 2. The van der Waals surface area contributed by atoms with Crippen molar-refractivity contribution < 1.29 is 4.74 Å². The first kappa shape index (κ1) is 15.9. The molecule has 0 saturated carbocycles. The zero-order chi connectivity index (χ0) is 15.2. The molecule has 1 N–H and O–H groups in total. The predicted molar refractivity (Wildman–Crippen MR) is 89.3 cm³/mol. The van der Waals surface area contributed by atoms with Crippen molar-refractivity contribution in [1.82, 2.24) is 5.32 Å². The maximum absolute atomic E-state index is 6.43. The maximum Gasteiger partial charge on any atom is 0.122 e. The Labute approximate surface area is 132 Å². The number of para-hydroxylation sites is 1. The lowest BCUT2D eigenvalue weighted by Crippen LogP contribution is -2.23. The summed E-state index contributed by atoms with van der Waals surface area (Å²) in [5, 5.41) is 4.33. The molecule has 21 heavy (non-hydrogen) atoms. The average Bonchev–Trinajstić information content (AvgIpc) is 2.47. The van der Waals surface area contributed by atoms with Gasteiger partial charge in [0.25, 0.3) is 0 Å². The van der Waals surface area contributed by atoms with Gasteiger partial charge >= 0.3 is 0 Å². The van der Waals surface area contributed by atoms with E-state index in [4.69, 9.17) is 16.3 Å². The minimum absolute atomic E-state index is 0.180. The van der Waals surface area contributed by atoms with Crippen molar-refractivity contribution in [2.75, 3.05) is 13.7 Å². The summed E-state index contributed by atoms with van der Waals surface area (Å²) < 4.78 is 5.45. The third-order valence-electron chi connectivity index (χ3n) is 3.60. The Morgan fingerprint density at radius 2 is 1.95 bits per heavy atom. The zero-order valence-electron chi connectivity index (χ0n) is 12.8. The molecule has 1 unspecified atom stereocenters. The standard InChI is InChI=1S/C18H22ClNO/c1-4-20-17(15-10-9-13(2)11-16(15)19)12-14-7-5-6-8-18(14)21-3/h5-11,17,20H,4,12H2,1-3H3. The van der Waals surface area contributed by atoms with Crippen LogP contribution in [0.15, 0.2) is 42.5 Å². The molecule has 0 fully saturated rings. The van der Waals surface area contributed by atoms with Gasteiger partial charge in [0.05, 0.1) is 7.11 Å². The highest BCUT2D eigenvalue weighted by atomic mass is 35.5. The fraction of sp³-hybridized carbons (Fsp3) is 0.333. The van der Waals surface area contributed by atoms with E-state index in [2.05, 4.69) is 37.4 Å². The van der Waals surface area contributed by atoms with Crippen LogP contribution in [-0.2, 0) is 6.42 Å². The van der Waals surface area contributed by atoms with Crippen molar-refractivity contribution in [3.8, 4) is 5.75 Å². The Kier molecular flexibility index (Phi) is 5.66. The highest BCUT2D eigenvalue weighted by Gasteiger charge is 2.16. The lowest BCUT2D eigenvalue weighted by atomic mass is 9.97. The summed E-state index contributed by atoms with van der Waals surface area (Å²) in [6.07, 6.45) is 0.848. The molecule has 0 aliphatic heterocycles. The fourth-order valence-corrected chi connectivity index (χ4v) is 2.91. The minimum Gasteiger partial charge on any atom is -0.496 e. The Morgan fingerprint density at radius 3 is 2.62 bits per heavy atom. The van der Waals surface area contributed by atoms with E-state index >= 15 is 0 Å². The van der Waals surface area contributed by atoms with Crippen LogP contribution in [0.4, 0.5) is 0 Å². The molecule has 3 heteroatoms. The lowest BCUT2D eigenvalue weighted by Gasteiger charge is -2.21. The van der Waals surface area contributed by atoms with Gasteiger partial charge in [0.2, 0.25) is 0 Å². The topological polar surface area (TPSA) is 21.3 Å². The van der Waals surface area contributed by atoms with E-state index in [-0.39, 0.29) is 6.04 Å². The van der Waals surface area contributed by atoms with Crippen LogP contribution in [0.5, 0.6) is 5.75 Å². The summed E-state index contributed by atoms with van der Waals surface area (Å²) in [4.78, 5) is 0. The van der Waals surface area contributed by atoms with Crippen molar-refractivity contribution in [3.63, 3.8) is 0 Å². The van der Waals surface area contributed by atoms with Gasteiger partial charge in [-0.2, -0.15) is 0 Å². The van der Waals surface area contributed by atoms with Crippen LogP contribution < -0.4 is 10.1 Å². The van der Waals surface area contributed by atoms with E-state index in [0.29, 0.717) is 0 Å². The summed E-state index contributed by atoms with van der Waals surface area (Å²) in [5.74, 6) is 0.920. The van der Waals surface area contributed by atoms with Crippen LogP contribution in [0.2, 0.25) is 5.02 Å². The van der Waals surface area contributed by atoms with Gasteiger partial charge in [-0.3, -0.25) is 0 Å². The number of aryl methyl sites for hydroxylation is 1. The Bertz CT molecular complexity index is 598. The molecular formula is C18H22ClNO. The number of ether oxygens (including phenoxy) is 1. The quantitative estimate of drug-likeness (QED) is 0.845. The zero-order valence-corrected chi connectivity index (χ0v) is 13.6. The number of likely N-dealkylation sites (N-methyl/N-ethyl adjacent to an activating group) is 1. The number of nitrogens with one attached hydrogen (secondary N) is 1. The summed E-state index contributed by atoms with van der Waals surface area (Å²) >= 11 is 6.43.